The van der Waals surface area contributed by atoms with Gasteiger partial charge in [-0.15, -0.1) is 11.3 Å². The molecule has 0 bridgehead atoms. The molecule has 2 unspecified atom stereocenters. The van der Waals surface area contributed by atoms with Crippen LogP contribution in [0, 0.1) is 5.92 Å². The maximum Gasteiger partial charge on any atom is 0.0880 e. The first-order valence-electron chi connectivity index (χ1n) is 7.37. The summed E-state index contributed by atoms with van der Waals surface area (Å²) < 4.78 is 7.41. The Hall–Kier alpha value is -0.900. The van der Waals surface area contributed by atoms with Crippen LogP contribution in [-0.2, 0) is 4.74 Å². The first-order valence-corrected chi connectivity index (χ1v) is 8.25. The summed E-state index contributed by atoms with van der Waals surface area (Å²) in [5.74, 6) is 0.576. The van der Waals surface area contributed by atoms with Crippen LogP contribution in [0.3, 0.4) is 0 Å². The third kappa shape index (κ3) is 2.90. The number of fused-ring (bicyclic) bond motifs is 1. The zero-order chi connectivity index (χ0) is 14.2. The number of hydrogen-bond acceptors (Lipinski definition) is 3. The monoisotopic (exact) mass is 289 g/mol. The molecule has 1 fully saturated rings. The average Bonchev–Trinajstić information content (AvgIpc) is 3.01. The van der Waals surface area contributed by atoms with Crippen molar-refractivity contribution < 1.29 is 4.74 Å². The van der Waals surface area contributed by atoms with Gasteiger partial charge in [-0.2, -0.15) is 0 Å². The molecule has 0 amide bonds. The third-order valence-corrected chi connectivity index (χ3v) is 4.91. The van der Waals surface area contributed by atoms with Gasteiger partial charge in [-0.25, -0.2) is 0 Å². The van der Waals surface area contributed by atoms with E-state index < -0.39 is 0 Å². The zero-order valence-electron chi connectivity index (χ0n) is 12.5. The van der Waals surface area contributed by atoms with Gasteiger partial charge in [0, 0.05) is 29.3 Å². The Kier molecular flexibility index (Phi) is 3.85. The summed E-state index contributed by atoms with van der Waals surface area (Å²) in [5, 5.41) is 7.28. The highest BCUT2D eigenvalue weighted by molar-refractivity contribution is 7.17. The molecule has 2 aromatic rings. The van der Waals surface area contributed by atoms with Gasteiger partial charge in [0.2, 0.25) is 0 Å². The summed E-state index contributed by atoms with van der Waals surface area (Å²) in [6.07, 6.45) is 1.40. The molecule has 0 aliphatic carbocycles. The van der Waals surface area contributed by atoms with Crippen molar-refractivity contribution in [2.75, 3.05) is 13.2 Å². The predicted molar refractivity (Wildman–Crippen MR) is 86.4 cm³/mol. The molecular weight excluding hydrogens is 266 g/mol. The van der Waals surface area contributed by atoms with E-state index >= 15 is 0 Å². The lowest BCUT2D eigenvalue weighted by molar-refractivity contribution is 0.0903. The van der Waals surface area contributed by atoms with E-state index in [0.29, 0.717) is 5.92 Å². The minimum atomic E-state index is 0.170. The van der Waals surface area contributed by atoms with Crippen molar-refractivity contribution in [3.8, 4) is 0 Å². The topological polar surface area (TPSA) is 21.3 Å². The van der Waals surface area contributed by atoms with Gasteiger partial charge in [-0.05, 0) is 49.6 Å². The van der Waals surface area contributed by atoms with E-state index in [0.717, 1.165) is 19.6 Å². The SMILES string of the molecule is CC(C)(C)NCC1CCOC1c1csc2ccccc12. The molecule has 0 saturated carbocycles. The lowest BCUT2D eigenvalue weighted by Crippen LogP contribution is -2.39. The highest BCUT2D eigenvalue weighted by Gasteiger charge is 2.31. The predicted octanol–water partition coefficient (Wildman–Crippen LogP) is 4.37. The van der Waals surface area contributed by atoms with Gasteiger partial charge in [0.15, 0.2) is 0 Å². The van der Waals surface area contributed by atoms with E-state index in [1.165, 1.54) is 15.6 Å². The minimum Gasteiger partial charge on any atom is -0.373 e. The van der Waals surface area contributed by atoms with Gasteiger partial charge in [-0.1, -0.05) is 18.2 Å². The summed E-state index contributed by atoms with van der Waals surface area (Å²) >= 11 is 1.83. The van der Waals surface area contributed by atoms with Crippen LogP contribution in [0.5, 0.6) is 0 Å². The molecular formula is C17H23NOS. The normalized spacial score (nSPS) is 23.6. The van der Waals surface area contributed by atoms with Crippen molar-refractivity contribution in [2.24, 2.45) is 5.92 Å². The Morgan fingerprint density at radius 2 is 2.10 bits per heavy atom. The quantitative estimate of drug-likeness (QED) is 0.906. The van der Waals surface area contributed by atoms with E-state index in [1.807, 2.05) is 11.3 Å². The van der Waals surface area contributed by atoms with Crippen LogP contribution in [0.1, 0.15) is 38.9 Å². The molecule has 1 N–H and O–H groups in total. The zero-order valence-corrected chi connectivity index (χ0v) is 13.3. The Balaban J connectivity index is 1.81. The Morgan fingerprint density at radius 3 is 2.90 bits per heavy atom. The molecule has 20 heavy (non-hydrogen) atoms. The van der Waals surface area contributed by atoms with Crippen LogP contribution >= 0.6 is 11.3 Å². The Bertz CT molecular complexity index is 584. The Labute approximate surface area is 125 Å². The molecule has 2 heterocycles. The number of nitrogens with one attached hydrogen (secondary N) is 1. The van der Waals surface area contributed by atoms with Crippen LogP contribution in [-0.4, -0.2) is 18.7 Å². The van der Waals surface area contributed by atoms with Gasteiger partial charge >= 0.3 is 0 Å². The lowest BCUT2D eigenvalue weighted by Gasteiger charge is -2.25. The van der Waals surface area contributed by atoms with E-state index in [2.05, 4.69) is 55.7 Å². The molecule has 0 spiro atoms. The molecule has 1 aliphatic heterocycles. The van der Waals surface area contributed by atoms with Crippen molar-refractivity contribution in [3.05, 3.63) is 35.2 Å². The molecule has 108 valence electrons. The summed E-state index contributed by atoms with van der Waals surface area (Å²) in [5.41, 5.74) is 1.55. The lowest BCUT2D eigenvalue weighted by atomic mass is 9.94. The molecule has 2 nitrogen and oxygen atoms in total. The standard InChI is InChI=1S/C17H23NOS/c1-17(2,3)18-10-12-8-9-19-16(12)14-11-20-15-7-5-4-6-13(14)15/h4-7,11-12,16,18H,8-10H2,1-3H3. The second kappa shape index (κ2) is 5.47. The molecule has 1 aromatic carbocycles. The maximum absolute atomic E-state index is 6.05. The maximum atomic E-state index is 6.05. The summed E-state index contributed by atoms with van der Waals surface area (Å²) in [7, 11) is 0. The second-order valence-corrected chi connectivity index (χ2v) is 7.57. The first-order chi connectivity index (χ1) is 9.54. The summed E-state index contributed by atoms with van der Waals surface area (Å²) in [4.78, 5) is 0. The second-order valence-electron chi connectivity index (χ2n) is 6.66. The number of ether oxygens (including phenoxy) is 1. The van der Waals surface area contributed by atoms with Crippen LogP contribution < -0.4 is 5.32 Å². The van der Waals surface area contributed by atoms with E-state index in [-0.39, 0.29) is 11.6 Å². The number of thiophene rings is 1. The van der Waals surface area contributed by atoms with E-state index in [9.17, 15) is 0 Å². The number of hydrogen-bond donors (Lipinski definition) is 1. The fourth-order valence-electron chi connectivity index (χ4n) is 2.84. The smallest absolute Gasteiger partial charge is 0.0880 e. The average molecular weight is 289 g/mol. The minimum absolute atomic E-state index is 0.170. The molecule has 3 rings (SSSR count). The van der Waals surface area contributed by atoms with Crippen LogP contribution in [0.15, 0.2) is 29.6 Å². The van der Waals surface area contributed by atoms with Gasteiger partial charge in [-0.3, -0.25) is 0 Å². The van der Waals surface area contributed by atoms with Crippen LogP contribution in [0.25, 0.3) is 10.1 Å². The van der Waals surface area contributed by atoms with Crippen molar-refractivity contribution in [1.29, 1.82) is 0 Å². The van der Waals surface area contributed by atoms with E-state index in [4.69, 9.17) is 4.74 Å². The van der Waals surface area contributed by atoms with Crippen LogP contribution in [0.2, 0.25) is 0 Å². The highest BCUT2D eigenvalue weighted by atomic mass is 32.1. The van der Waals surface area contributed by atoms with E-state index in [1.54, 1.807) is 0 Å². The molecule has 3 heteroatoms. The Morgan fingerprint density at radius 1 is 1.30 bits per heavy atom. The number of benzene rings is 1. The molecule has 1 aromatic heterocycles. The van der Waals surface area contributed by atoms with Crippen molar-refractivity contribution in [2.45, 2.75) is 38.8 Å². The van der Waals surface area contributed by atoms with Gasteiger partial charge < -0.3 is 10.1 Å². The number of rotatable bonds is 3. The van der Waals surface area contributed by atoms with Gasteiger partial charge in [0.25, 0.3) is 0 Å². The fraction of sp³-hybridized carbons (Fsp3) is 0.529. The molecule has 2 atom stereocenters. The van der Waals surface area contributed by atoms with Crippen molar-refractivity contribution in [3.63, 3.8) is 0 Å². The fourth-order valence-corrected chi connectivity index (χ4v) is 3.83. The molecule has 1 saturated heterocycles. The van der Waals surface area contributed by atoms with Gasteiger partial charge in [0.1, 0.15) is 0 Å². The van der Waals surface area contributed by atoms with Crippen molar-refractivity contribution >= 4 is 21.4 Å². The van der Waals surface area contributed by atoms with Crippen LogP contribution in [0.4, 0.5) is 0 Å². The largest absolute Gasteiger partial charge is 0.373 e. The molecule has 0 radical (unpaired) electrons. The third-order valence-electron chi connectivity index (χ3n) is 3.93. The molecule has 1 aliphatic rings. The summed E-state index contributed by atoms with van der Waals surface area (Å²) in [6, 6.07) is 8.64. The summed E-state index contributed by atoms with van der Waals surface area (Å²) in [6.45, 7) is 8.57. The van der Waals surface area contributed by atoms with Crippen molar-refractivity contribution in [1.82, 2.24) is 5.32 Å². The first kappa shape index (κ1) is 14.1. The van der Waals surface area contributed by atoms with Gasteiger partial charge in [0.05, 0.1) is 6.10 Å². The highest BCUT2D eigenvalue weighted by Crippen LogP contribution is 2.40.